The Balaban J connectivity index is 0.928. The average molecular weight is 1010 g/mol. The highest BCUT2D eigenvalue weighted by atomic mass is 35.5. The maximum absolute atomic E-state index is 16.1. The first-order chi connectivity index (χ1) is 33.6. The largest absolute Gasteiger partial charge is 0.495 e. The van der Waals surface area contributed by atoms with E-state index in [-0.39, 0.29) is 89.9 Å². The number of nitriles is 1. The van der Waals surface area contributed by atoms with Gasteiger partial charge in [0, 0.05) is 53.3 Å². The lowest BCUT2D eigenvalue weighted by molar-refractivity contribution is -0.118. The van der Waals surface area contributed by atoms with Crippen LogP contribution in [0, 0.1) is 40.0 Å². The number of nitrogens with one attached hydrogen (secondary N) is 4. The second-order valence-corrected chi connectivity index (χ2v) is 18.7. The first kappa shape index (κ1) is 51.9. The van der Waals surface area contributed by atoms with E-state index in [1.54, 1.807) is 0 Å². The van der Waals surface area contributed by atoms with E-state index in [9.17, 15) is 23.6 Å². The van der Waals surface area contributed by atoms with Crippen LogP contribution in [-0.4, -0.2) is 107 Å². The normalized spacial score (nSPS) is 19.2. The van der Waals surface area contributed by atoms with Crippen LogP contribution in [0.1, 0.15) is 54.6 Å². The molecule has 14 nitrogen and oxygen atoms in total. The van der Waals surface area contributed by atoms with Crippen molar-refractivity contribution >= 4 is 46.7 Å². The van der Waals surface area contributed by atoms with Gasteiger partial charge >= 0.3 is 0 Å². The number of imidazole rings is 1. The SMILES string of the molecule is COc1cc(C(=O)NCCOCCOCCOc2c(-c3cnc(N4CCOCC4)[nH]3)ccc(F)c2F)ccc1NC(=O)[C@@H]1N[C@@H](CC(C)(C)C)[C@](C#N)(c2ccc(Cl)cc2F)[C@H]1c1cccc(Cl)c1F. The number of amides is 2. The molecule has 3 heterocycles. The fraction of sp³-hybridized carbons (Fsp3) is 0.400. The minimum Gasteiger partial charge on any atom is -0.495 e. The Morgan fingerprint density at radius 1 is 0.943 bits per heavy atom. The second-order valence-electron chi connectivity index (χ2n) is 17.9. The van der Waals surface area contributed by atoms with E-state index < -0.39 is 63.9 Å². The molecule has 2 amide bonds. The van der Waals surface area contributed by atoms with E-state index in [0.29, 0.717) is 43.5 Å². The van der Waals surface area contributed by atoms with Crippen molar-refractivity contribution < 1.29 is 50.8 Å². The number of methoxy groups -OCH3 is 1. The van der Waals surface area contributed by atoms with Crippen LogP contribution in [0.4, 0.5) is 29.2 Å². The van der Waals surface area contributed by atoms with Crippen LogP contribution in [0.5, 0.6) is 11.5 Å². The number of hydrogen-bond acceptors (Lipinski definition) is 11. The standard InChI is InChI=1S/C50H53Cl2F4N7O7/c1-49(2,3)26-40-50(28-57,33-11-9-30(51)25-36(33)54)41(32-6-5-7-34(52)42(32)55)44(62-40)47(65)60-37-13-8-29(24-39(37)66-4)46(64)58-14-17-67-20-21-69-22-23-70-45-31(10-12-35(53)43(45)56)38-27-59-48(61-38)63-15-18-68-19-16-63/h5-13,24-25,27,40-41,44,62H,14-23,26H2,1-4H3,(H,58,64)(H,59,61)(H,60,65)/t40-,41-,44+,50-/m0/s1. The number of benzene rings is 4. The molecule has 4 N–H and O–H groups in total. The van der Waals surface area contributed by atoms with E-state index in [2.05, 4.69) is 32.0 Å². The molecule has 0 spiro atoms. The van der Waals surface area contributed by atoms with Gasteiger partial charge in [0.05, 0.1) is 81.5 Å². The summed E-state index contributed by atoms with van der Waals surface area (Å²) in [6.45, 7) is 8.77. The zero-order valence-corrected chi connectivity index (χ0v) is 40.4. The van der Waals surface area contributed by atoms with Gasteiger partial charge in [0.1, 0.15) is 29.4 Å². The fourth-order valence-electron chi connectivity index (χ4n) is 8.84. The van der Waals surface area contributed by atoms with Gasteiger partial charge in [0.25, 0.3) is 5.91 Å². The zero-order chi connectivity index (χ0) is 50.2. The number of morpholine rings is 1. The summed E-state index contributed by atoms with van der Waals surface area (Å²) < 4.78 is 89.0. The monoisotopic (exact) mass is 1010 g/mol. The molecule has 372 valence electrons. The molecule has 70 heavy (non-hydrogen) atoms. The van der Waals surface area contributed by atoms with E-state index in [1.165, 1.54) is 67.9 Å². The molecule has 0 unspecified atom stereocenters. The van der Waals surface area contributed by atoms with Crippen molar-refractivity contribution in [3.8, 4) is 28.8 Å². The third-order valence-electron chi connectivity index (χ3n) is 12.0. The molecule has 1 aromatic heterocycles. The van der Waals surface area contributed by atoms with Gasteiger partial charge in [-0.3, -0.25) is 9.59 Å². The predicted molar refractivity (Wildman–Crippen MR) is 256 cm³/mol. The second kappa shape index (κ2) is 22.9. The highest BCUT2D eigenvalue weighted by molar-refractivity contribution is 6.31. The van der Waals surface area contributed by atoms with E-state index in [0.717, 1.165) is 12.1 Å². The maximum atomic E-state index is 16.1. The summed E-state index contributed by atoms with van der Waals surface area (Å²) in [7, 11) is 1.36. The molecule has 2 aliphatic rings. The fourth-order valence-corrected chi connectivity index (χ4v) is 9.18. The van der Waals surface area contributed by atoms with Crippen molar-refractivity contribution in [1.29, 1.82) is 5.26 Å². The van der Waals surface area contributed by atoms with Crippen LogP contribution in [0.3, 0.4) is 0 Å². The van der Waals surface area contributed by atoms with Crippen molar-refractivity contribution in [3.05, 3.63) is 123 Å². The van der Waals surface area contributed by atoms with Crippen LogP contribution < -0.4 is 30.3 Å². The summed E-state index contributed by atoms with van der Waals surface area (Å²) in [4.78, 5) is 37.2. The average Bonchev–Trinajstić information content (AvgIpc) is 3.95. The lowest BCUT2D eigenvalue weighted by Crippen LogP contribution is -2.45. The van der Waals surface area contributed by atoms with Gasteiger partial charge in [0.15, 0.2) is 11.6 Å². The Bertz CT molecular complexity index is 2710. The molecule has 20 heteroatoms. The number of H-pyrrole nitrogens is 1. The van der Waals surface area contributed by atoms with Gasteiger partial charge in [-0.25, -0.2) is 18.2 Å². The minimum absolute atomic E-state index is 0.0513. The van der Waals surface area contributed by atoms with Crippen molar-refractivity contribution in [3.63, 3.8) is 0 Å². The Labute approximate surface area is 412 Å². The number of anilines is 2. The lowest BCUT2D eigenvalue weighted by Gasteiger charge is -2.37. The van der Waals surface area contributed by atoms with Gasteiger partial charge in [-0.05, 0) is 65.9 Å². The number of halogens is 6. The molecule has 2 saturated heterocycles. The van der Waals surface area contributed by atoms with Gasteiger partial charge in [-0.2, -0.15) is 9.65 Å². The molecule has 5 aromatic rings. The number of hydrogen-bond donors (Lipinski definition) is 4. The topological polar surface area (TPSA) is 172 Å². The smallest absolute Gasteiger partial charge is 0.251 e. The summed E-state index contributed by atoms with van der Waals surface area (Å²) >= 11 is 12.4. The molecule has 2 aliphatic heterocycles. The molecular formula is C50H53Cl2F4N7O7. The maximum Gasteiger partial charge on any atom is 0.251 e. The van der Waals surface area contributed by atoms with Crippen molar-refractivity contribution in [1.82, 2.24) is 20.6 Å². The number of aromatic nitrogens is 2. The number of ether oxygens (including phenoxy) is 5. The molecule has 7 rings (SSSR count). The molecule has 0 bridgehead atoms. The van der Waals surface area contributed by atoms with Crippen LogP contribution in [0.2, 0.25) is 10.0 Å². The Morgan fingerprint density at radius 2 is 1.69 bits per heavy atom. The first-order valence-electron chi connectivity index (χ1n) is 22.5. The number of aromatic amines is 1. The summed E-state index contributed by atoms with van der Waals surface area (Å²) in [5.41, 5.74) is -1.26. The van der Waals surface area contributed by atoms with Crippen LogP contribution >= 0.6 is 23.2 Å². The number of carbonyl (C=O) groups excluding carboxylic acids is 2. The Morgan fingerprint density at radius 3 is 2.40 bits per heavy atom. The third kappa shape index (κ3) is 11.6. The minimum atomic E-state index is -1.83. The van der Waals surface area contributed by atoms with Gasteiger partial charge in [-0.1, -0.05) is 62.2 Å². The molecule has 4 atom stereocenters. The van der Waals surface area contributed by atoms with E-state index in [1.807, 2.05) is 25.7 Å². The van der Waals surface area contributed by atoms with Crippen LogP contribution in [0.15, 0.2) is 72.9 Å². The highest BCUT2D eigenvalue weighted by Crippen LogP contribution is 2.53. The Hall–Kier alpha value is -5.94. The number of rotatable bonds is 19. The Kier molecular flexibility index (Phi) is 17.0. The molecular weight excluding hydrogens is 957 g/mol. The van der Waals surface area contributed by atoms with Gasteiger partial charge < -0.3 is 49.5 Å². The molecule has 4 aromatic carbocycles. The molecule has 2 fully saturated rings. The molecule has 0 saturated carbocycles. The highest BCUT2D eigenvalue weighted by Gasteiger charge is 2.61. The number of carbonyl (C=O) groups is 2. The van der Waals surface area contributed by atoms with Gasteiger partial charge in [-0.15, -0.1) is 0 Å². The summed E-state index contributed by atoms with van der Waals surface area (Å²) in [5.74, 6) is -5.83. The zero-order valence-electron chi connectivity index (χ0n) is 38.9. The van der Waals surface area contributed by atoms with Gasteiger partial charge in [0.2, 0.25) is 17.7 Å². The predicted octanol–water partition coefficient (Wildman–Crippen LogP) is 8.59. The summed E-state index contributed by atoms with van der Waals surface area (Å²) in [5, 5.41) is 19.9. The molecule has 0 radical (unpaired) electrons. The number of nitrogens with zero attached hydrogens (tertiary/aromatic N) is 3. The molecule has 0 aliphatic carbocycles. The summed E-state index contributed by atoms with van der Waals surface area (Å²) in [6, 6.07) is 15.2. The first-order valence-corrected chi connectivity index (χ1v) is 23.3. The quantitative estimate of drug-likeness (QED) is 0.0461. The van der Waals surface area contributed by atoms with E-state index in [4.69, 9.17) is 46.9 Å². The summed E-state index contributed by atoms with van der Waals surface area (Å²) in [6.07, 6.45) is 1.82. The third-order valence-corrected chi connectivity index (χ3v) is 12.6. The van der Waals surface area contributed by atoms with Crippen molar-refractivity contribution in [2.24, 2.45) is 5.41 Å². The lowest BCUT2D eigenvalue weighted by atomic mass is 9.62. The van der Waals surface area contributed by atoms with Crippen molar-refractivity contribution in [2.45, 2.75) is 50.6 Å². The van der Waals surface area contributed by atoms with Crippen LogP contribution in [0.25, 0.3) is 11.3 Å². The van der Waals surface area contributed by atoms with Crippen molar-refractivity contribution in [2.75, 3.05) is 83.2 Å². The van der Waals surface area contributed by atoms with Crippen LogP contribution in [-0.2, 0) is 24.4 Å². The van der Waals surface area contributed by atoms with E-state index >= 15 is 8.78 Å².